The smallest absolute Gasteiger partial charge is 0.339 e. The summed E-state index contributed by atoms with van der Waals surface area (Å²) in [6, 6.07) is 7.79. The summed E-state index contributed by atoms with van der Waals surface area (Å²) in [5.74, 6) is 2.73. The van der Waals surface area contributed by atoms with Crippen LogP contribution in [-0.4, -0.2) is 34.8 Å². The molecule has 6 rings (SSSR count). The summed E-state index contributed by atoms with van der Waals surface area (Å²) in [7, 11) is 0. The molecule has 1 fully saturated rings. The molecule has 0 bridgehead atoms. The lowest BCUT2D eigenvalue weighted by atomic mass is 10.1. The third-order valence-corrected chi connectivity index (χ3v) is 10.3. The van der Waals surface area contributed by atoms with Crippen LogP contribution in [0, 0.1) is 27.7 Å². The van der Waals surface area contributed by atoms with Gasteiger partial charge >= 0.3 is 5.20 Å². The standard InChI is InChI=1S/C16H17Cl2N3OS.C11H10Cl2N2OS.C5H9NO.2CH4.Cl3OP/c1-9-8-12(22-16-21-14(17)15(18)23-16)10(2)7-11(9)20-13-5-3-4-6-19-13;1-5-4-8(6(2)3-7(5)14)16-11-15-9(12)10(13)17-11;7-5-3-1-2-4-6-5;;;1-5(2,3)4/h7-8H,3-6H2,1-2H3,(H,19,20);3-4H,14H2,1-2H3;1-4H2,(H,6,7);2*1H4;. The van der Waals surface area contributed by atoms with Crippen LogP contribution in [-0.2, 0) is 9.36 Å². The number of aliphatic imine (C=N–C) groups is 1. The van der Waals surface area contributed by atoms with E-state index < -0.39 is 5.20 Å². The highest BCUT2D eigenvalue weighted by Gasteiger charge is 2.14. The lowest BCUT2D eigenvalue weighted by Gasteiger charge is -2.17. The van der Waals surface area contributed by atoms with E-state index in [4.69, 9.17) is 61.6 Å². The number of thiazole rings is 2. The number of nitrogens with zero attached hydrogens (tertiary/aromatic N) is 3. The Morgan fingerprint density at radius 3 is 1.67 bits per heavy atom. The van der Waals surface area contributed by atoms with Crippen LogP contribution in [0.1, 0.15) is 75.6 Å². The van der Waals surface area contributed by atoms with Crippen LogP contribution < -0.4 is 25.8 Å². The Morgan fingerprint density at radius 1 is 0.759 bits per heavy atom. The minimum atomic E-state index is -3.22. The first-order chi connectivity index (χ1) is 24.4. The van der Waals surface area contributed by atoms with Gasteiger partial charge in [0.1, 0.15) is 26.0 Å². The van der Waals surface area contributed by atoms with Crippen molar-refractivity contribution in [2.24, 2.45) is 4.99 Å². The maximum Gasteiger partial charge on any atom is 0.339 e. The molecular weight excluding hydrogens is 900 g/mol. The molecule has 300 valence electrons. The van der Waals surface area contributed by atoms with Crippen molar-refractivity contribution in [2.75, 3.05) is 24.1 Å². The van der Waals surface area contributed by atoms with Crippen molar-refractivity contribution >= 4 is 131 Å². The van der Waals surface area contributed by atoms with Crippen molar-refractivity contribution in [1.29, 1.82) is 0 Å². The van der Waals surface area contributed by atoms with Gasteiger partial charge in [-0.1, -0.05) is 83.9 Å². The Hall–Kier alpha value is -1.70. The largest absolute Gasteiger partial charge is 0.431 e. The molecule has 10 nitrogen and oxygen atoms in total. The zero-order chi connectivity index (χ0) is 38.6. The fourth-order valence-electron chi connectivity index (χ4n) is 4.44. The van der Waals surface area contributed by atoms with Gasteiger partial charge in [0.15, 0.2) is 10.3 Å². The summed E-state index contributed by atoms with van der Waals surface area (Å²) in [6.45, 7) is 9.68. The fourth-order valence-corrected chi connectivity index (χ4v) is 6.51. The van der Waals surface area contributed by atoms with E-state index in [1.807, 2.05) is 45.9 Å². The van der Waals surface area contributed by atoms with Crippen molar-refractivity contribution < 1.29 is 18.8 Å². The molecular formula is C34H44Cl7N6O4PS2. The predicted octanol–water partition coefficient (Wildman–Crippen LogP) is 14.7. The average Bonchev–Trinajstić information content (AvgIpc) is 3.56. The van der Waals surface area contributed by atoms with Crippen LogP contribution >= 0.6 is 108 Å². The van der Waals surface area contributed by atoms with Crippen molar-refractivity contribution in [3.8, 4) is 21.9 Å². The van der Waals surface area contributed by atoms with Gasteiger partial charge in [-0.25, -0.2) is 0 Å². The van der Waals surface area contributed by atoms with E-state index in [1.54, 1.807) is 0 Å². The predicted molar refractivity (Wildman–Crippen MR) is 236 cm³/mol. The number of carbonyl (C=O) groups is 1. The number of aromatic nitrogens is 2. The van der Waals surface area contributed by atoms with E-state index in [0.717, 1.165) is 84.0 Å². The highest BCUT2D eigenvalue weighted by Crippen LogP contribution is 2.61. The number of benzene rings is 2. The minimum absolute atomic E-state index is 0. The average molecular weight is 944 g/mol. The first-order valence-corrected chi connectivity index (χ1v) is 23.2. The third-order valence-electron chi connectivity index (χ3n) is 7.09. The zero-order valence-corrected chi connectivity index (χ0v) is 36.2. The van der Waals surface area contributed by atoms with Crippen molar-refractivity contribution in [2.45, 2.75) is 81.1 Å². The second-order valence-corrected chi connectivity index (χ2v) is 21.8. The number of carbonyl (C=O) groups excluding carboxylic acids is 1. The maximum absolute atomic E-state index is 10.4. The second-order valence-electron chi connectivity index (χ2n) is 11.3. The number of nitrogens with one attached hydrogen (secondary N) is 2. The van der Waals surface area contributed by atoms with Gasteiger partial charge in [-0.05, 0) is 134 Å². The molecule has 20 heteroatoms. The van der Waals surface area contributed by atoms with Crippen molar-refractivity contribution in [3.05, 3.63) is 65.5 Å². The lowest BCUT2D eigenvalue weighted by Crippen LogP contribution is -2.28. The van der Waals surface area contributed by atoms with Gasteiger partial charge in [0, 0.05) is 37.3 Å². The van der Waals surface area contributed by atoms with Crippen LogP contribution in [0.5, 0.6) is 21.9 Å². The maximum atomic E-state index is 10.4. The summed E-state index contributed by atoms with van der Waals surface area (Å²) in [5.41, 5.74) is 11.6. The van der Waals surface area contributed by atoms with E-state index in [9.17, 15) is 9.36 Å². The monoisotopic (exact) mass is 940 g/mol. The SMILES string of the molecule is C.C.Cc1cc(Oc2nc(Cl)c(Cl)s2)c(C)cc1N.Cc1cc(Oc2nc(Cl)c(Cl)s2)c(C)cc1NC1=NCCCC1.O=C1CCCCN1.O=P(Cl)(Cl)Cl. The number of piperidine rings is 1. The van der Waals surface area contributed by atoms with Gasteiger partial charge in [0.25, 0.3) is 10.4 Å². The molecule has 1 amide bonds. The summed E-state index contributed by atoms with van der Waals surface area (Å²) >= 11 is 39.6. The number of hydrogen-bond donors (Lipinski definition) is 3. The van der Waals surface area contributed by atoms with Gasteiger partial charge in [0.2, 0.25) is 5.91 Å². The molecule has 4 aromatic rings. The molecule has 2 aliphatic rings. The van der Waals surface area contributed by atoms with Crippen LogP contribution in [0.2, 0.25) is 19.0 Å². The first-order valence-electron chi connectivity index (χ1n) is 15.6. The molecule has 2 aromatic carbocycles. The molecule has 0 radical (unpaired) electrons. The number of rotatable bonds is 5. The second kappa shape index (κ2) is 24.2. The molecule has 2 aliphatic heterocycles. The quantitative estimate of drug-likeness (QED) is 0.133. The molecule has 54 heavy (non-hydrogen) atoms. The summed E-state index contributed by atoms with van der Waals surface area (Å²) in [4.78, 5) is 23.0. The van der Waals surface area contributed by atoms with Crippen LogP contribution in [0.25, 0.3) is 0 Å². The van der Waals surface area contributed by atoms with E-state index in [1.165, 1.54) is 35.5 Å². The molecule has 1 saturated heterocycles. The molecule has 4 heterocycles. The van der Waals surface area contributed by atoms with Crippen molar-refractivity contribution in [3.63, 3.8) is 0 Å². The van der Waals surface area contributed by atoms with Crippen LogP contribution in [0.4, 0.5) is 11.4 Å². The molecule has 0 unspecified atom stereocenters. The third kappa shape index (κ3) is 18.0. The van der Waals surface area contributed by atoms with Crippen molar-refractivity contribution in [1.82, 2.24) is 15.3 Å². The van der Waals surface area contributed by atoms with Gasteiger partial charge in [-0.15, -0.1) is 0 Å². The lowest BCUT2D eigenvalue weighted by molar-refractivity contribution is -0.122. The number of amidine groups is 1. The number of aryl methyl sites for hydroxylation is 4. The molecule has 4 N–H and O–H groups in total. The molecule has 0 saturated carbocycles. The Bertz CT molecular complexity index is 1870. The Balaban J connectivity index is 0.000000411. The van der Waals surface area contributed by atoms with Gasteiger partial charge in [-0.2, -0.15) is 9.97 Å². The summed E-state index contributed by atoms with van der Waals surface area (Å²) in [5, 5.41) is 4.36. The minimum Gasteiger partial charge on any atom is -0.431 e. The number of nitrogen functional groups attached to an aromatic ring is 1. The highest BCUT2D eigenvalue weighted by atomic mass is 36.0. The first kappa shape index (κ1) is 50.3. The number of hydrogen-bond acceptors (Lipinski definition) is 11. The molecule has 0 aliphatic carbocycles. The topological polar surface area (TPSA) is 141 Å². The fraction of sp³-hybridized carbons (Fsp3) is 0.412. The highest BCUT2D eigenvalue weighted by molar-refractivity contribution is 8.24. The number of amides is 1. The van der Waals surface area contributed by atoms with Gasteiger partial charge in [-0.3, -0.25) is 14.4 Å². The Labute approximate surface area is 360 Å². The van der Waals surface area contributed by atoms with Gasteiger partial charge < -0.3 is 25.8 Å². The van der Waals surface area contributed by atoms with E-state index in [0.29, 0.717) is 24.8 Å². The van der Waals surface area contributed by atoms with Crippen LogP contribution in [0.3, 0.4) is 0 Å². The molecule has 0 spiro atoms. The van der Waals surface area contributed by atoms with E-state index in [2.05, 4.69) is 65.4 Å². The normalized spacial score (nSPS) is 13.4. The zero-order valence-electron chi connectivity index (χ0n) is 28.4. The number of nitrogens with two attached hydrogens (primary N) is 1. The molecule has 2 aromatic heterocycles. The van der Waals surface area contributed by atoms with Crippen LogP contribution in [0.15, 0.2) is 29.3 Å². The number of halogens is 7. The Morgan fingerprint density at radius 2 is 1.26 bits per heavy atom. The Kier molecular flexibility index (Phi) is 22.5. The summed E-state index contributed by atoms with van der Waals surface area (Å²) in [6.07, 6.45) is 6.34. The van der Waals surface area contributed by atoms with E-state index >= 15 is 0 Å². The summed E-state index contributed by atoms with van der Waals surface area (Å²) < 4.78 is 21.8. The number of ether oxygens (including phenoxy) is 2. The molecule has 0 atom stereocenters. The number of anilines is 2. The van der Waals surface area contributed by atoms with Gasteiger partial charge in [0.05, 0.1) is 0 Å². The van der Waals surface area contributed by atoms with E-state index in [-0.39, 0.29) is 31.1 Å².